The molecule has 3 aromatic rings. The van der Waals surface area contributed by atoms with Crippen LogP contribution in [0.15, 0.2) is 54.6 Å². The number of anilines is 1. The fourth-order valence-corrected chi connectivity index (χ4v) is 5.23. The largest absolute Gasteiger partial charge is 0.489 e. The van der Waals surface area contributed by atoms with Gasteiger partial charge in [-0.2, -0.15) is 13.2 Å². The number of benzene rings is 2. The van der Waals surface area contributed by atoms with Crippen LogP contribution in [0.4, 0.5) is 18.9 Å². The Hall–Kier alpha value is -4.19. The summed E-state index contributed by atoms with van der Waals surface area (Å²) in [7, 11) is 0. The Bertz CT molecular complexity index is 1410. The van der Waals surface area contributed by atoms with Crippen LogP contribution in [0.25, 0.3) is 10.9 Å². The van der Waals surface area contributed by atoms with E-state index < -0.39 is 35.9 Å². The highest BCUT2D eigenvalue weighted by molar-refractivity contribution is 5.99. The standard InChI is InChI=1S/C28H29F3N4O5/c1-18-14-20(23-6-3-4-7-24(23)32-18)16-40-22-10-8-21(9-11-22)35(26(38)28(29,30)31)27(15-25(37)33-39)12-5-13-34(17-27)19(2)36/h3-4,6-11,14,39H,5,12-13,15-17H2,1-2H3,(H,33,37). The lowest BCUT2D eigenvalue weighted by Gasteiger charge is -2.49. The molecule has 12 heteroatoms. The Labute approximate surface area is 228 Å². The van der Waals surface area contributed by atoms with Gasteiger partial charge in [0.1, 0.15) is 12.4 Å². The number of para-hydroxylation sites is 1. The number of amides is 3. The maximum Gasteiger partial charge on any atom is 0.471 e. The quantitative estimate of drug-likeness (QED) is 0.331. The van der Waals surface area contributed by atoms with Gasteiger partial charge in [-0.1, -0.05) is 18.2 Å². The Kier molecular flexibility index (Phi) is 8.29. The third kappa shape index (κ3) is 6.17. The molecule has 2 N–H and O–H groups in total. The number of hydroxylamine groups is 1. The number of aryl methyl sites for hydroxylation is 1. The zero-order valence-electron chi connectivity index (χ0n) is 22.0. The molecule has 0 aliphatic carbocycles. The SMILES string of the molecule is CC(=O)N1CCCC(CC(=O)NO)(N(C(=O)C(F)(F)F)c2ccc(OCc3cc(C)nc4ccccc34)cc2)C1. The summed E-state index contributed by atoms with van der Waals surface area (Å²) < 4.78 is 47.6. The first-order chi connectivity index (χ1) is 18.9. The number of pyridine rings is 1. The molecule has 0 spiro atoms. The molecule has 1 saturated heterocycles. The van der Waals surface area contributed by atoms with Gasteiger partial charge in [0.25, 0.3) is 0 Å². The second-order valence-electron chi connectivity index (χ2n) is 9.84. The Morgan fingerprint density at radius 1 is 1.15 bits per heavy atom. The van der Waals surface area contributed by atoms with Gasteiger partial charge >= 0.3 is 12.1 Å². The highest BCUT2D eigenvalue weighted by Crippen LogP contribution is 2.39. The second-order valence-corrected chi connectivity index (χ2v) is 9.84. The van der Waals surface area contributed by atoms with E-state index in [0.29, 0.717) is 10.6 Å². The highest BCUT2D eigenvalue weighted by atomic mass is 19.4. The van der Waals surface area contributed by atoms with Crippen LogP contribution in [-0.2, 0) is 21.0 Å². The molecular formula is C28H29F3N4O5. The normalized spacial score (nSPS) is 17.4. The van der Waals surface area contributed by atoms with Crippen molar-refractivity contribution in [3.63, 3.8) is 0 Å². The van der Waals surface area contributed by atoms with Crippen LogP contribution in [0.3, 0.4) is 0 Å². The molecule has 212 valence electrons. The lowest BCUT2D eigenvalue weighted by atomic mass is 9.82. The van der Waals surface area contributed by atoms with Crippen molar-refractivity contribution in [3.8, 4) is 5.75 Å². The number of alkyl halides is 3. The number of piperidine rings is 1. The first-order valence-electron chi connectivity index (χ1n) is 12.6. The number of ether oxygens (including phenoxy) is 1. The molecule has 1 aliphatic rings. The molecule has 0 saturated carbocycles. The predicted molar refractivity (Wildman–Crippen MR) is 140 cm³/mol. The summed E-state index contributed by atoms with van der Waals surface area (Å²) in [6.07, 6.45) is -5.67. The molecule has 1 aromatic heterocycles. The van der Waals surface area contributed by atoms with Gasteiger partial charge in [0.2, 0.25) is 11.8 Å². The van der Waals surface area contributed by atoms with Crippen molar-refractivity contribution >= 4 is 34.3 Å². The van der Waals surface area contributed by atoms with E-state index in [1.807, 2.05) is 37.3 Å². The smallest absolute Gasteiger partial charge is 0.471 e. The summed E-state index contributed by atoms with van der Waals surface area (Å²) in [5.74, 6) is -3.23. The van der Waals surface area contributed by atoms with Crippen LogP contribution >= 0.6 is 0 Å². The van der Waals surface area contributed by atoms with Crippen LogP contribution < -0.4 is 15.1 Å². The molecule has 2 heterocycles. The van der Waals surface area contributed by atoms with Gasteiger partial charge in [0.05, 0.1) is 17.5 Å². The molecular weight excluding hydrogens is 529 g/mol. The predicted octanol–water partition coefficient (Wildman–Crippen LogP) is 4.29. The number of carbonyl (C=O) groups is 3. The third-order valence-electron chi connectivity index (χ3n) is 6.95. The molecule has 3 amide bonds. The van der Waals surface area contributed by atoms with Crippen molar-refractivity contribution in [2.75, 3.05) is 18.0 Å². The Balaban J connectivity index is 1.67. The zero-order chi connectivity index (χ0) is 29.1. The topological polar surface area (TPSA) is 112 Å². The average Bonchev–Trinajstić information content (AvgIpc) is 2.91. The molecule has 1 unspecified atom stereocenters. The highest BCUT2D eigenvalue weighted by Gasteiger charge is 2.53. The van der Waals surface area contributed by atoms with E-state index in [2.05, 4.69) is 4.98 Å². The van der Waals surface area contributed by atoms with E-state index in [0.717, 1.165) is 22.2 Å². The van der Waals surface area contributed by atoms with Crippen molar-refractivity contribution in [1.82, 2.24) is 15.4 Å². The first kappa shape index (κ1) is 28.8. The molecule has 1 atom stereocenters. The summed E-state index contributed by atoms with van der Waals surface area (Å²) >= 11 is 0. The average molecular weight is 559 g/mol. The molecule has 0 radical (unpaired) electrons. The van der Waals surface area contributed by atoms with Crippen molar-refractivity contribution in [2.24, 2.45) is 0 Å². The Morgan fingerprint density at radius 3 is 2.50 bits per heavy atom. The van der Waals surface area contributed by atoms with Gasteiger partial charge in [-0.05, 0) is 56.2 Å². The Morgan fingerprint density at radius 2 is 1.85 bits per heavy atom. The maximum absolute atomic E-state index is 13.9. The van der Waals surface area contributed by atoms with Gasteiger partial charge in [-0.15, -0.1) is 0 Å². The van der Waals surface area contributed by atoms with Crippen molar-refractivity contribution < 1.29 is 37.5 Å². The van der Waals surface area contributed by atoms with Gasteiger partial charge in [0.15, 0.2) is 0 Å². The van der Waals surface area contributed by atoms with Crippen LogP contribution in [0.5, 0.6) is 5.75 Å². The van der Waals surface area contributed by atoms with E-state index in [4.69, 9.17) is 9.94 Å². The summed E-state index contributed by atoms with van der Waals surface area (Å²) in [5, 5.41) is 10.1. The monoisotopic (exact) mass is 558 g/mol. The zero-order valence-corrected chi connectivity index (χ0v) is 22.0. The number of halogens is 3. The van der Waals surface area contributed by atoms with Crippen LogP contribution in [0.1, 0.15) is 37.4 Å². The minimum atomic E-state index is -5.27. The van der Waals surface area contributed by atoms with Gasteiger partial charge in [-0.25, -0.2) is 5.48 Å². The maximum atomic E-state index is 13.9. The van der Waals surface area contributed by atoms with Crippen LogP contribution in [0.2, 0.25) is 0 Å². The lowest BCUT2D eigenvalue weighted by molar-refractivity contribution is -0.172. The lowest BCUT2D eigenvalue weighted by Crippen LogP contribution is -2.65. The molecule has 40 heavy (non-hydrogen) atoms. The summed E-state index contributed by atoms with van der Waals surface area (Å²) in [5.41, 5.74) is 2.05. The van der Waals surface area contributed by atoms with Crippen LogP contribution in [0, 0.1) is 6.92 Å². The van der Waals surface area contributed by atoms with Crippen molar-refractivity contribution in [3.05, 3.63) is 65.9 Å². The van der Waals surface area contributed by atoms with Crippen molar-refractivity contribution in [2.45, 2.75) is 51.4 Å². The number of nitrogens with one attached hydrogen (secondary N) is 1. The molecule has 9 nitrogen and oxygen atoms in total. The summed E-state index contributed by atoms with van der Waals surface area (Å²) in [6, 6.07) is 14.9. The number of rotatable bonds is 7. The number of nitrogens with zero attached hydrogens (tertiary/aromatic N) is 3. The fourth-order valence-electron chi connectivity index (χ4n) is 5.23. The summed E-state index contributed by atoms with van der Waals surface area (Å²) in [6.45, 7) is 3.24. The van der Waals surface area contributed by atoms with E-state index in [1.165, 1.54) is 41.6 Å². The van der Waals surface area contributed by atoms with Crippen molar-refractivity contribution in [1.29, 1.82) is 0 Å². The van der Waals surface area contributed by atoms with E-state index in [-0.39, 0.29) is 38.2 Å². The summed E-state index contributed by atoms with van der Waals surface area (Å²) in [4.78, 5) is 43.5. The molecule has 2 aromatic carbocycles. The van der Waals surface area contributed by atoms with E-state index >= 15 is 0 Å². The number of fused-ring (bicyclic) bond motifs is 1. The molecule has 1 aliphatic heterocycles. The van der Waals surface area contributed by atoms with Gasteiger partial charge < -0.3 is 9.64 Å². The van der Waals surface area contributed by atoms with E-state index in [1.54, 1.807) is 0 Å². The number of carbonyl (C=O) groups excluding carboxylic acids is 3. The fraction of sp³-hybridized carbons (Fsp3) is 0.357. The first-order valence-corrected chi connectivity index (χ1v) is 12.6. The molecule has 0 bridgehead atoms. The number of likely N-dealkylation sites (tertiary alicyclic amines) is 1. The number of hydrogen-bond acceptors (Lipinski definition) is 6. The number of hydrogen-bond donors (Lipinski definition) is 2. The molecule has 1 fully saturated rings. The minimum Gasteiger partial charge on any atom is -0.489 e. The number of aromatic nitrogens is 1. The van der Waals surface area contributed by atoms with Gasteiger partial charge in [0, 0.05) is 42.3 Å². The van der Waals surface area contributed by atoms with Gasteiger partial charge in [-0.3, -0.25) is 29.5 Å². The molecule has 4 rings (SSSR count). The van der Waals surface area contributed by atoms with E-state index in [9.17, 15) is 27.6 Å². The third-order valence-corrected chi connectivity index (χ3v) is 6.95. The second kappa shape index (κ2) is 11.5. The van der Waals surface area contributed by atoms with Crippen LogP contribution in [-0.4, -0.2) is 57.6 Å². The minimum absolute atomic E-state index is 0.00125.